The number of rotatable bonds is 5. The molecule has 1 rings (SSSR count). The Bertz CT molecular complexity index is 375. The first kappa shape index (κ1) is 12.7. The summed E-state index contributed by atoms with van der Waals surface area (Å²) in [6.07, 6.45) is 2.54. The highest BCUT2D eigenvalue weighted by molar-refractivity contribution is 5.05. The molecule has 4 nitrogen and oxygen atoms in total. The van der Waals surface area contributed by atoms with E-state index in [1.165, 1.54) is 0 Å². The summed E-state index contributed by atoms with van der Waals surface area (Å²) >= 11 is 0. The Kier molecular flexibility index (Phi) is 4.08. The van der Waals surface area contributed by atoms with Crippen LogP contribution in [0.4, 0.5) is 0 Å². The smallest absolute Gasteiger partial charge is 0.105 e. The highest BCUT2D eigenvalue weighted by Crippen LogP contribution is 2.11. The summed E-state index contributed by atoms with van der Waals surface area (Å²) < 4.78 is 1.93. The molecule has 0 radical (unpaired) electrons. The van der Waals surface area contributed by atoms with E-state index in [0.29, 0.717) is 6.04 Å². The van der Waals surface area contributed by atoms with Gasteiger partial charge in [-0.15, -0.1) is 0 Å². The van der Waals surface area contributed by atoms with Crippen LogP contribution in [0.15, 0.2) is 12.3 Å². The average Bonchev–Trinajstić information content (AvgIpc) is 2.60. The van der Waals surface area contributed by atoms with Crippen molar-refractivity contribution in [3.63, 3.8) is 0 Å². The lowest BCUT2D eigenvalue weighted by atomic mass is 9.99. The van der Waals surface area contributed by atoms with Crippen molar-refractivity contribution in [2.45, 2.75) is 52.2 Å². The van der Waals surface area contributed by atoms with Crippen molar-refractivity contribution in [3.8, 4) is 6.07 Å². The molecule has 1 aromatic heterocycles. The summed E-state index contributed by atoms with van der Waals surface area (Å²) in [5.74, 6) is 0. The van der Waals surface area contributed by atoms with Gasteiger partial charge in [-0.25, -0.2) is 0 Å². The quantitative estimate of drug-likeness (QED) is 0.824. The molecule has 4 heteroatoms. The standard InChI is InChI=1S/C12H20N4/c1-10(2)15-12(4,9-13)6-8-16-11(3)5-7-14-16/h5,7,10,15H,6,8H2,1-4H3. The van der Waals surface area contributed by atoms with Crippen molar-refractivity contribution in [1.82, 2.24) is 15.1 Å². The van der Waals surface area contributed by atoms with Crippen LogP contribution in [0.25, 0.3) is 0 Å². The maximum Gasteiger partial charge on any atom is 0.105 e. The molecule has 0 aliphatic heterocycles. The number of aryl methyl sites for hydroxylation is 2. The molecule has 0 fully saturated rings. The molecule has 0 spiro atoms. The second-order valence-electron chi connectivity index (χ2n) is 4.69. The second kappa shape index (κ2) is 5.13. The van der Waals surface area contributed by atoms with Crippen LogP contribution in [-0.2, 0) is 6.54 Å². The average molecular weight is 220 g/mol. The van der Waals surface area contributed by atoms with E-state index in [4.69, 9.17) is 0 Å². The van der Waals surface area contributed by atoms with E-state index in [-0.39, 0.29) is 0 Å². The zero-order chi connectivity index (χ0) is 12.2. The molecule has 1 unspecified atom stereocenters. The van der Waals surface area contributed by atoms with Gasteiger partial charge in [-0.1, -0.05) is 0 Å². The third-order valence-corrected chi connectivity index (χ3v) is 2.61. The van der Waals surface area contributed by atoms with Gasteiger partial charge in [0.2, 0.25) is 0 Å². The van der Waals surface area contributed by atoms with Crippen LogP contribution in [0.1, 0.15) is 32.9 Å². The van der Waals surface area contributed by atoms with Crippen molar-refractivity contribution >= 4 is 0 Å². The zero-order valence-corrected chi connectivity index (χ0v) is 10.5. The molecular formula is C12H20N4. The van der Waals surface area contributed by atoms with E-state index in [0.717, 1.165) is 18.7 Å². The second-order valence-corrected chi connectivity index (χ2v) is 4.69. The van der Waals surface area contributed by atoms with Gasteiger partial charge in [-0.05, 0) is 40.2 Å². The van der Waals surface area contributed by atoms with Gasteiger partial charge in [0.1, 0.15) is 5.54 Å². The van der Waals surface area contributed by atoms with E-state index >= 15 is 0 Å². The Morgan fingerprint density at radius 1 is 1.62 bits per heavy atom. The Morgan fingerprint density at radius 2 is 2.31 bits per heavy atom. The predicted molar refractivity (Wildman–Crippen MR) is 63.9 cm³/mol. The Labute approximate surface area is 97.3 Å². The number of hydrogen-bond donors (Lipinski definition) is 1. The molecule has 0 bridgehead atoms. The maximum absolute atomic E-state index is 9.19. The number of nitrogens with one attached hydrogen (secondary N) is 1. The molecule has 88 valence electrons. The van der Waals surface area contributed by atoms with Crippen LogP contribution in [0.3, 0.4) is 0 Å². The molecule has 0 aliphatic rings. The minimum Gasteiger partial charge on any atom is -0.297 e. The summed E-state index contributed by atoms with van der Waals surface area (Å²) in [6.45, 7) is 8.82. The van der Waals surface area contributed by atoms with Crippen molar-refractivity contribution in [3.05, 3.63) is 18.0 Å². The lowest BCUT2D eigenvalue weighted by molar-refractivity contribution is 0.353. The van der Waals surface area contributed by atoms with Crippen molar-refractivity contribution in [2.75, 3.05) is 0 Å². The number of aromatic nitrogens is 2. The molecule has 0 saturated carbocycles. The Balaban J connectivity index is 2.59. The Hall–Kier alpha value is -1.34. The Morgan fingerprint density at radius 3 is 2.75 bits per heavy atom. The number of nitrogens with zero attached hydrogens (tertiary/aromatic N) is 3. The van der Waals surface area contributed by atoms with E-state index in [1.54, 1.807) is 6.20 Å². The molecule has 1 heterocycles. The number of nitriles is 1. The van der Waals surface area contributed by atoms with Crippen LogP contribution in [-0.4, -0.2) is 21.4 Å². The summed E-state index contributed by atoms with van der Waals surface area (Å²) in [6, 6.07) is 4.62. The van der Waals surface area contributed by atoms with Crippen molar-refractivity contribution in [2.24, 2.45) is 0 Å². The lowest BCUT2D eigenvalue weighted by Gasteiger charge is -2.25. The molecule has 16 heavy (non-hydrogen) atoms. The van der Waals surface area contributed by atoms with Gasteiger partial charge in [-0.2, -0.15) is 10.4 Å². The minimum atomic E-state index is -0.480. The highest BCUT2D eigenvalue weighted by Gasteiger charge is 2.24. The van der Waals surface area contributed by atoms with E-state index < -0.39 is 5.54 Å². The fourth-order valence-electron chi connectivity index (χ4n) is 1.76. The summed E-state index contributed by atoms with van der Waals surface area (Å²) in [4.78, 5) is 0. The topological polar surface area (TPSA) is 53.6 Å². The van der Waals surface area contributed by atoms with E-state index in [2.05, 4.69) is 30.3 Å². The van der Waals surface area contributed by atoms with Gasteiger partial charge in [0.15, 0.2) is 0 Å². The van der Waals surface area contributed by atoms with Gasteiger partial charge in [0.05, 0.1) is 6.07 Å². The highest BCUT2D eigenvalue weighted by atomic mass is 15.3. The van der Waals surface area contributed by atoms with Gasteiger partial charge >= 0.3 is 0 Å². The summed E-state index contributed by atoms with van der Waals surface area (Å²) in [5.41, 5.74) is 0.650. The third-order valence-electron chi connectivity index (χ3n) is 2.61. The molecule has 1 N–H and O–H groups in total. The van der Waals surface area contributed by atoms with E-state index in [1.807, 2.05) is 24.6 Å². The molecule has 0 aromatic carbocycles. The van der Waals surface area contributed by atoms with Crippen LogP contribution < -0.4 is 5.32 Å². The summed E-state index contributed by atoms with van der Waals surface area (Å²) in [7, 11) is 0. The summed E-state index contributed by atoms with van der Waals surface area (Å²) in [5, 5.41) is 16.7. The normalized spacial score (nSPS) is 14.8. The molecular weight excluding hydrogens is 200 g/mol. The van der Waals surface area contributed by atoms with E-state index in [9.17, 15) is 5.26 Å². The van der Waals surface area contributed by atoms with Gasteiger partial charge in [0.25, 0.3) is 0 Å². The largest absolute Gasteiger partial charge is 0.297 e. The fourth-order valence-corrected chi connectivity index (χ4v) is 1.76. The van der Waals surface area contributed by atoms with Gasteiger partial charge < -0.3 is 0 Å². The van der Waals surface area contributed by atoms with Crippen LogP contribution >= 0.6 is 0 Å². The van der Waals surface area contributed by atoms with Crippen molar-refractivity contribution < 1.29 is 0 Å². The van der Waals surface area contributed by atoms with Crippen LogP contribution in [0.2, 0.25) is 0 Å². The molecule has 0 saturated heterocycles. The lowest BCUT2D eigenvalue weighted by Crippen LogP contribution is -2.45. The molecule has 0 amide bonds. The first-order valence-corrected chi connectivity index (χ1v) is 5.64. The van der Waals surface area contributed by atoms with Gasteiger partial charge in [-0.3, -0.25) is 10.00 Å². The molecule has 1 atom stereocenters. The number of hydrogen-bond acceptors (Lipinski definition) is 3. The maximum atomic E-state index is 9.19. The third kappa shape index (κ3) is 3.35. The fraction of sp³-hybridized carbons (Fsp3) is 0.667. The monoisotopic (exact) mass is 220 g/mol. The molecule has 1 aromatic rings. The molecule has 0 aliphatic carbocycles. The SMILES string of the molecule is Cc1ccnn1CCC(C)(C#N)NC(C)C. The zero-order valence-electron chi connectivity index (χ0n) is 10.5. The van der Waals surface area contributed by atoms with Gasteiger partial charge in [0, 0.05) is 24.5 Å². The van der Waals surface area contributed by atoms with Crippen LogP contribution in [0, 0.1) is 18.3 Å². The first-order valence-electron chi connectivity index (χ1n) is 5.64. The van der Waals surface area contributed by atoms with Crippen molar-refractivity contribution in [1.29, 1.82) is 5.26 Å². The first-order chi connectivity index (χ1) is 7.47. The minimum absolute atomic E-state index is 0.309. The van der Waals surface area contributed by atoms with Crippen LogP contribution in [0.5, 0.6) is 0 Å². The predicted octanol–water partition coefficient (Wildman–Crippen LogP) is 1.86.